The number of halogens is 1. The van der Waals surface area contributed by atoms with Gasteiger partial charge in [-0.3, -0.25) is 4.79 Å². The molecule has 1 unspecified atom stereocenters. The lowest BCUT2D eigenvalue weighted by atomic mass is 10.3. The molecule has 1 atom stereocenters. The number of hydrogen-bond acceptors (Lipinski definition) is 4. The van der Waals surface area contributed by atoms with Crippen molar-refractivity contribution in [1.29, 1.82) is 0 Å². The van der Waals surface area contributed by atoms with Crippen molar-refractivity contribution in [3.63, 3.8) is 0 Å². The van der Waals surface area contributed by atoms with Gasteiger partial charge >= 0.3 is 0 Å². The first-order chi connectivity index (χ1) is 6.69. The van der Waals surface area contributed by atoms with Crippen LogP contribution in [0.2, 0.25) is 0 Å². The van der Waals surface area contributed by atoms with E-state index in [0.29, 0.717) is 12.3 Å². The highest BCUT2D eigenvalue weighted by Gasteiger charge is 2.13. The van der Waals surface area contributed by atoms with Gasteiger partial charge in [-0.1, -0.05) is 0 Å². The Bertz CT molecular complexity index is 314. The number of nitrogens with zero attached hydrogens (tertiary/aromatic N) is 1. The Kier molecular flexibility index (Phi) is 4.51. The SMILES string of the molecule is CCOC(C)c1nc(C(=O)CCl)cs1. The van der Waals surface area contributed by atoms with Crippen LogP contribution < -0.4 is 0 Å². The summed E-state index contributed by atoms with van der Waals surface area (Å²) in [5, 5.41) is 2.54. The van der Waals surface area contributed by atoms with E-state index in [2.05, 4.69) is 4.98 Å². The number of aromatic nitrogens is 1. The maximum Gasteiger partial charge on any atom is 0.196 e. The van der Waals surface area contributed by atoms with Crippen LogP contribution in [0.5, 0.6) is 0 Å². The van der Waals surface area contributed by atoms with E-state index in [-0.39, 0.29) is 17.8 Å². The standard InChI is InChI=1S/C9H12ClNO2S/c1-3-13-6(2)9-11-7(5-14-9)8(12)4-10/h5-6H,3-4H2,1-2H3. The van der Waals surface area contributed by atoms with E-state index < -0.39 is 0 Å². The van der Waals surface area contributed by atoms with Gasteiger partial charge in [0.15, 0.2) is 5.78 Å². The molecule has 14 heavy (non-hydrogen) atoms. The zero-order chi connectivity index (χ0) is 10.6. The molecule has 1 rings (SSSR count). The molecule has 0 aromatic carbocycles. The van der Waals surface area contributed by atoms with E-state index in [9.17, 15) is 4.79 Å². The highest BCUT2D eigenvalue weighted by Crippen LogP contribution is 2.21. The van der Waals surface area contributed by atoms with Crippen molar-refractivity contribution in [1.82, 2.24) is 4.98 Å². The summed E-state index contributed by atoms with van der Waals surface area (Å²) in [6.45, 7) is 4.48. The van der Waals surface area contributed by atoms with Crippen LogP contribution in [0.1, 0.15) is 35.4 Å². The van der Waals surface area contributed by atoms with Crippen LogP contribution in [-0.2, 0) is 4.74 Å². The van der Waals surface area contributed by atoms with Crippen LogP contribution in [0.25, 0.3) is 0 Å². The molecule has 1 aromatic heterocycles. The molecule has 0 saturated heterocycles. The van der Waals surface area contributed by atoms with Gasteiger partial charge < -0.3 is 4.74 Å². The predicted octanol–water partition coefficient (Wildman–Crippen LogP) is 2.66. The van der Waals surface area contributed by atoms with Crippen molar-refractivity contribution >= 4 is 28.7 Å². The molecule has 0 aliphatic carbocycles. The molecule has 0 spiro atoms. The Labute approximate surface area is 92.1 Å². The largest absolute Gasteiger partial charge is 0.372 e. The molecule has 78 valence electrons. The molecule has 3 nitrogen and oxygen atoms in total. The molecule has 0 N–H and O–H groups in total. The number of Topliss-reactive ketones (excluding diaryl/α,β-unsaturated/α-hetero) is 1. The van der Waals surface area contributed by atoms with Crippen LogP contribution in [0.15, 0.2) is 5.38 Å². The topological polar surface area (TPSA) is 39.2 Å². The molecular formula is C9H12ClNO2S. The predicted molar refractivity (Wildman–Crippen MR) is 57.2 cm³/mol. The molecule has 5 heteroatoms. The molecule has 0 radical (unpaired) electrons. The minimum Gasteiger partial charge on any atom is -0.372 e. The summed E-state index contributed by atoms with van der Waals surface area (Å²) in [5.74, 6) is -0.163. The molecule has 0 bridgehead atoms. The van der Waals surface area contributed by atoms with E-state index in [1.54, 1.807) is 5.38 Å². The third kappa shape index (κ3) is 2.77. The van der Waals surface area contributed by atoms with Gasteiger partial charge in [0, 0.05) is 12.0 Å². The molecule has 1 aromatic rings. The first-order valence-electron chi connectivity index (χ1n) is 4.35. The number of ketones is 1. The van der Waals surface area contributed by atoms with E-state index >= 15 is 0 Å². The normalized spacial score (nSPS) is 12.8. The molecular weight excluding hydrogens is 222 g/mol. The van der Waals surface area contributed by atoms with E-state index in [0.717, 1.165) is 5.01 Å². The first kappa shape index (κ1) is 11.6. The third-order valence-electron chi connectivity index (χ3n) is 1.69. The van der Waals surface area contributed by atoms with Gasteiger partial charge in [0.2, 0.25) is 0 Å². The van der Waals surface area contributed by atoms with Crippen molar-refractivity contribution in [3.05, 3.63) is 16.1 Å². The molecule has 0 aliphatic rings. The number of alkyl halides is 1. The highest BCUT2D eigenvalue weighted by molar-refractivity contribution is 7.09. The quantitative estimate of drug-likeness (QED) is 0.580. The van der Waals surface area contributed by atoms with E-state index in [4.69, 9.17) is 16.3 Å². The Balaban J connectivity index is 2.72. The van der Waals surface area contributed by atoms with Crippen LogP contribution >= 0.6 is 22.9 Å². The fourth-order valence-electron chi connectivity index (χ4n) is 0.992. The summed E-state index contributed by atoms with van der Waals surface area (Å²) in [4.78, 5) is 15.3. The molecule has 1 heterocycles. The number of carbonyl (C=O) groups is 1. The summed E-state index contributed by atoms with van der Waals surface area (Å²) in [5.41, 5.74) is 0.437. The number of hydrogen-bond donors (Lipinski definition) is 0. The molecule has 0 amide bonds. The van der Waals surface area contributed by atoms with Crippen LogP contribution in [0.4, 0.5) is 0 Å². The average Bonchev–Trinajstić information content (AvgIpc) is 2.66. The summed E-state index contributed by atoms with van der Waals surface area (Å²) in [6, 6.07) is 0. The minimum absolute atomic E-state index is 0.0216. The maximum absolute atomic E-state index is 11.2. The van der Waals surface area contributed by atoms with E-state index in [1.807, 2.05) is 13.8 Å². The van der Waals surface area contributed by atoms with Gasteiger partial charge in [-0.2, -0.15) is 0 Å². The van der Waals surface area contributed by atoms with Crippen LogP contribution in [-0.4, -0.2) is 23.3 Å². The average molecular weight is 234 g/mol. The van der Waals surface area contributed by atoms with Crippen molar-refractivity contribution in [2.45, 2.75) is 20.0 Å². The van der Waals surface area contributed by atoms with Gasteiger partial charge in [-0.25, -0.2) is 4.98 Å². The number of rotatable bonds is 5. The van der Waals surface area contributed by atoms with Gasteiger partial charge in [0.05, 0.1) is 5.88 Å². The fourth-order valence-corrected chi connectivity index (χ4v) is 1.96. The van der Waals surface area contributed by atoms with Gasteiger partial charge in [-0.15, -0.1) is 22.9 Å². The smallest absolute Gasteiger partial charge is 0.196 e. The minimum atomic E-state index is -0.141. The second-order valence-corrected chi connectivity index (χ2v) is 3.88. The highest BCUT2D eigenvalue weighted by atomic mass is 35.5. The fraction of sp³-hybridized carbons (Fsp3) is 0.556. The van der Waals surface area contributed by atoms with Crippen molar-refractivity contribution in [2.75, 3.05) is 12.5 Å². The van der Waals surface area contributed by atoms with Gasteiger partial charge in [0.1, 0.15) is 16.8 Å². The summed E-state index contributed by atoms with van der Waals surface area (Å²) in [7, 11) is 0. The molecule has 0 fully saturated rings. The Morgan fingerprint density at radius 3 is 3.07 bits per heavy atom. The number of carbonyl (C=O) groups excluding carboxylic acids is 1. The van der Waals surface area contributed by atoms with Crippen LogP contribution in [0.3, 0.4) is 0 Å². The van der Waals surface area contributed by atoms with Crippen LogP contribution in [0, 0.1) is 0 Å². The maximum atomic E-state index is 11.2. The molecule has 0 aliphatic heterocycles. The Hall–Kier alpha value is -0.450. The lowest BCUT2D eigenvalue weighted by Gasteiger charge is -2.06. The number of ether oxygens (including phenoxy) is 1. The van der Waals surface area contributed by atoms with Gasteiger partial charge in [-0.05, 0) is 13.8 Å². The molecule has 0 saturated carbocycles. The Morgan fingerprint density at radius 2 is 2.50 bits per heavy atom. The van der Waals surface area contributed by atoms with E-state index in [1.165, 1.54) is 11.3 Å². The van der Waals surface area contributed by atoms with Gasteiger partial charge in [0.25, 0.3) is 0 Å². The first-order valence-corrected chi connectivity index (χ1v) is 5.76. The summed E-state index contributed by atoms with van der Waals surface area (Å²) >= 11 is 6.85. The van der Waals surface area contributed by atoms with Crippen molar-refractivity contribution < 1.29 is 9.53 Å². The zero-order valence-corrected chi connectivity index (χ0v) is 9.69. The monoisotopic (exact) mass is 233 g/mol. The lowest BCUT2D eigenvalue weighted by Crippen LogP contribution is -2.03. The van der Waals surface area contributed by atoms with Crippen molar-refractivity contribution in [2.24, 2.45) is 0 Å². The Morgan fingerprint density at radius 1 is 1.79 bits per heavy atom. The third-order valence-corrected chi connectivity index (χ3v) is 2.94. The zero-order valence-electron chi connectivity index (χ0n) is 8.12. The van der Waals surface area contributed by atoms with Crippen molar-refractivity contribution in [3.8, 4) is 0 Å². The lowest BCUT2D eigenvalue weighted by molar-refractivity contribution is 0.0760. The number of thiazole rings is 1. The summed E-state index contributed by atoms with van der Waals surface area (Å²) in [6.07, 6.45) is -0.0538. The second kappa shape index (κ2) is 5.44. The summed E-state index contributed by atoms with van der Waals surface area (Å²) < 4.78 is 5.36. The second-order valence-electron chi connectivity index (χ2n) is 2.73.